The average molecular weight is 466 g/mol. The number of H-pyrrole nitrogens is 1. The number of aromatic amines is 1. The van der Waals surface area contributed by atoms with E-state index in [0.29, 0.717) is 0 Å². The molecule has 0 saturated heterocycles. The van der Waals surface area contributed by atoms with Gasteiger partial charge in [-0.25, -0.2) is 4.98 Å². The van der Waals surface area contributed by atoms with Gasteiger partial charge in [0.1, 0.15) is 5.65 Å². The van der Waals surface area contributed by atoms with Crippen molar-refractivity contribution in [1.82, 2.24) is 29.5 Å². The summed E-state index contributed by atoms with van der Waals surface area (Å²) in [5, 5.41) is 13.0. The molecule has 0 spiro atoms. The zero-order valence-electron chi connectivity index (χ0n) is 20.5. The number of carbonyl (C=O) groups excluding carboxylic acids is 1. The van der Waals surface area contributed by atoms with Crippen LogP contribution in [0.4, 0.5) is 5.69 Å². The summed E-state index contributed by atoms with van der Waals surface area (Å²) in [6.07, 6.45) is 8.90. The molecule has 0 aliphatic carbocycles. The van der Waals surface area contributed by atoms with Gasteiger partial charge in [-0.1, -0.05) is 18.7 Å². The Kier molecular flexibility index (Phi) is 5.36. The normalized spacial score (nSPS) is 11.2. The summed E-state index contributed by atoms with van der Waals surface area (Å²) < 4.78 is 3.57. The Bertz CT molecular complexity index is 1620. The largest absolute Gasteiger partial charge is 0.339 e. The first-order chi connectivity index (χ1) is 16.8. The first-order valence-electron chi connectivity index (χ1n) is 11.3. The Hall–Kier alpha value is -4.46. The van der Waals surface area contributed by atoms with Gasteiger partial charge in [0.05, 0.1) is 17.6 Å². The van der Waals surface area contributed by atoms with Crippen molar-refractivity contribution >= 4 is 22.6 Å². The molecule has 0 atom stereocenters. The molecule has 2 N–H and O–H groups in total. The number of aryl methyl sites for hydroxylation is 4. The Morgan fingerprint density at radius 2 is 1.86 bits per heavy atom. The van der Waals surface area contributed by atoms with Crippen LogP contribution in [0.1, 0.15) is 16.7 Å². The zero-order valence-corrected chi connectivity index (χ0v) is 20.5. The van der Waals surface area contributed by atoms with Crippen LogP contribution in [0.25, 0.3) is 44.7 Å². The average Bonchev–Trinajstić information content (AvgIpc) is 3.55. The van der Waals surface area contributed by atoms with Crippen molar-refractivity contribution in [2.45, 2.75) is 20.8 Å². The van der Waals surface area contributed by atoms with E-state index in [4.69, 9.17) is 4.98 Å². The first-order valence-corrected chi connectivity index (χ1v) is 11.3. The van der Waals surface area contributed by atoms with Gasteiger partial charge in [0, 0.05) is 60.4 Å². The SMILES string of the molecule is C=CC(=O)Nc1c(C)ccc(-c2c(-c3cnn(C)c3)[nH]c3ncc(-c4ccn(C)n4)c(C)c23)c1C. The Morgan fingerprint density at radius 3 is 2.51 bits per heavy atom. The van der Waals surface area contributed by atoms with Crippen LogP contribution in [0.5, 0.6) is 0 Å². The number of pyridine rings is 1. The van der Waals surface area contributed by atoms with Gasteiger partial charge in [0.2, 0.25) is 5.91 Å². The van der Waals surface area contributed by atoms with Gasteiger partial charge in [-0.05, 0) is 55.2 Å². The lowest BCUT2D eigenvalue weighted by Gasteiger charge is -2.16. The quantitative estimate of drug-likeness (QED) is 0.354. The summed E-state index contributed by atoms with van der Waals surface area (Å²) in [7, 11) is 3.80. The minimum absolute atomic E-state index is 0.241. The van der Waals surface area contributed by atoms with Crippen LogP contribution >= 0.6 is 0 Å². The summed E-state index contributed by atoms with van der Waals surface area (Å²) in [6.45, 7) is 9.71. The van der Waals surface area contributed by atoms with Crippen LogP contribution in [0.3, 0.4) is 0 Å². The monoisotopic (exact) mass is 465 g/mol. The lowest BCUT2D eigenvalue weighted by molar-refractivity contribution is -0.111. The number of hydrogen-bond donors (Lipinski definition) is 2. The second-order valence-corrected chi connectivity index (χ2v) is 8.80. The number of benzene rings is 1. The third kappa shape index (κ3) is 3.73. The van der Waals surface area contributed by atoms with Crippen LogP contribution in [-0.2, 0) is 18.9 Å². The van der Waals surface area contributed by atoms with Crippen molar-refractivity contribution in [3.63, 3.8) is 0 Å². The van der Waals surface area contributed by atoms with E-state index in [2.05, 4.69) is 40.1 Å². The fourth-order valence-corrected chi connectivity index (χ4v) is 4.65. The highest BCUT2D eigenvalue weighted by molar-refractivity contribution is 6.08. The number of carbonyl (C=O) groups is 1. The summed E-state index contributed by atoms with van der Waals surface area (Å²) in [5.41, 5.74) is 10.3. The molecule has 5 aromatic rings. The molecule has 5 rings (SSSR count). The van der Waals surface area contributed by atoms with Crippen molar-refractivity contribution in [2.24, 2.45) is 14.1 Å². The predicted molar refractivity (Wildman–Crippen MR) is 139 cm³/mol. The molecular weight excluding hydrogens is 438 g/mol. The maximum atomic E-state index is 12.2. The highest BCUT2D eigenvalue weighted by Gasteiger charge is 2.23. The van der Waals surface area contributed by atoms with Crippen molar-refractivity contribution in [3.05, 3.63) is 72.3 Å². The number of aromatic nitrogens is 6. The summed E-state index contributed by atoms with van der Waals surface area (Å²) in [4.78, 5) is 20.5. The van der Waals surface area contributed by atoms with Gasteiger partial charge in [0.25, 0.3) is 0 Å². The van der Waals surface area contributed by atoms with E-state index in [1.165, 1.54) is 6.08 Å². The van der Waals surface area contributed by atoms with Gasteiger partial charge in [-0.2, -0.15) is 10.2 Å². The molecule has 1 aromatic carbocycles. The minimum atomic E-state index is -0.241. The van der Waals surface area contributed by atoms with E-state index in [0.717, 1.165) is 67.1 Å². The molecule has 4 heterocycles. The summed E-state index contributed by atoms with van der Waals surface area (Å²) >= 11 is 0. The Labute approximate surface area is 203 Å². The fourth-order valence-electron chi connectivity index (χ4n) is 4.65. The molecule has 176 valence electrons. The molecule has 0 unspecified atom stereocenters. The molecule has 0 aliphatic rings. The third-order valence-electron chi connectivity index (χ3n) is 6.44. The van der Waals surface area contributed by atoms with Crippen LogP contribution < -0.4 is 5.32 Å². The summed E-state index contributed by atoms with van der Waals surface area (Å²) in [5.74, 6) is -0.241. The predicted octanol–water partition coefficient (Wildman–Crippen LogP) is 5.08. The maximum absolute atomic E-state index is 12.2. The number of hydrogen-bond acceptors (Lipinski definition) is 4. The number of anilines is 1. The van der Waals surface area contributed by atoms with E-state index in [1.807, 2.05) is 64.9 Å². The maximum Gasteiger partial charge on any atom is 0.247 e. The highest BCUT2D eigenvalue weighted by Crippen LogP contribution is 2.44. The van der Waals surface area contributed by atoms with Gasteiger partial charge in [0.15, 0.2) is 0 Å². The summed E-state index contributed by atoms with van der Waals surface area (Å²) in [6, 6.07) is 6.12. The second kappa shape index (κ2) is 8.39. The molecule has 0 radical (unpaired) electrons. The molecule has 0 bridgehead atoms. The highest BCUT2D eigenvalue weighted by atomic mass is 16.1. The minimum Gasteiger partial charge on any atom is -0.339 e. The molecule has 0 aliphatic heterocycles. The third-order valence-corrected chi connectivity index (χ3v) is 6.44. The Morgan fingerprint density at radius 1 is 1.06 bits per heavy atom. The van der Waals surface area contributed by atoms with Crippen molar-refractivity contribution in [3.8, 4) is 33.6 Å². The standard InChI is InChI=1S/C27H27N7O/c1-7-22(35)30-25-15(2)8-9-19(17(25)4)24-23-16(3)20(21-10-11-33(5)32-21)13-28-27(23)31-26(24)18-12-29-34(6)14-18/h7-14H,1H2,2-6H3,(H,28,31)(H,30,35). The molecule has 0 saturated carbocycles. The van der Waals surface area contributed by atoms with Gasteiger partial charge < -0.3 is 10.3 Å². The molecule has 35 heavy (non-hydrogen) atoms. The Balaban J connectivity index is 1.84. The van der Waals surface area contributed by atoms with E-state index >= 15 is 0 Å². The number of amides is 1. The molecule has 4 aromatic heterocycles. The van der Waals surface area contributed by atoms with Crippen LogP contribution in [-0.4, -0.2) is 35.4 Å². The van der Waals surface area contributed by atoms with Gasteiger partial charge in [-0.3, -0.25) is 14.2 Å². The first kappa shape index (κ1) is 22.3. The van der Waals surface area contributed by atoms with Crippen molar-refractivity contribution in [2.75, 3.05) is 5.32 Å². The zero-order chi connectivity index (χ0) is 24.9. The van der Waals surface area contributed by atoms with E-state index in [-0.39, 0.29) is 5.91 Å². The number of rotatable bonds is 5. The van der Waals surface area contributed by atoms with Gasteiger partial charge >= 0.3 is 0 Å². The number of fused-ring (bicyclic) bond motifs is 1. The van der Waals surface area contributed by atoms with Gasteiger partial charge in [-0.15, -0.1) is 0 Å². The lowest BCUT2D eigenvalue weighted by atomic mass is 9.91. The van der Waals surface area contributed by atoms with E-state index in [9.17, 15) is 4.79 Å². The van der Waals surface area contributed by atoms with Crippen molar-refractivity contribution < 1.29 is 4.79 Å². The number of nitrogens with zero attached hydrogens (tertiary/aromatic N) is 5. The smallest absolute Gasteiger partial charge is 0.247 e. The van der Waals surface area contributed by atoms with Crippen LogP contribution in [0.2, 0.25) is 0 Å². The lowest BCUT2D eigenvalue weighted by Crippen LogP contribution is -2.10. The molecule has 1 amide bonds. The molecule has 8 heteroatoms. The molecule has 0 fully saturated rings. The van der Waals surface area contributed by atoms with Crippen LogP contribution in [0.15, 0.2) is 55.6 Å². The van der Waals surface area contributed by atoms with E-state index < -0.39 is 0 Å². The molecule has 8 nitrogen and oxygen atoms in total. The topological polar surface area (TPSA) is 93.4 Å². The fraction of sp³-hybridized carbons (Fsp3) is 0.185. The van der Waals surface area contributed by atoms with Crippen LogP contribution in [0, 0.1) is 20.8 Å². The van der Waals surface area contributed by atoms with Crippen molar-refractivity contribution in [1.29, 1.82) is 0 Å². The number of nitrogens with one attached hydrogen (secondary N) is 2. The second-order valence-electron chi connectivity index (χ2n) is 8.80. The molecular formula is C27H27N7O. The van der Waals surface area contributed by atoms with E-state index in [1.54, 1.807) is 9.36 Å².